The molecule has 3 heteroatoms. The van der Waals surface area contributed by atoms with Crippen LogP contribution in [0.3, 0.4) is 0 Å². The minimum absolute atomic E-state index is 0.232. The predicted molar refractivity (Wildman–Crippen MR) is 65.9 cm³/mol. The second-order valence-electron chi connectivity index (χ2n) is 3.98. The molecule has 0 fully saturated rings. The molecule has 3 nitrogen and oxygen atoms in total. The van der Waals surface area contributed by atoms with Gasteiger partial charge in [0.15, 0.2) is 5.78 Å². The van der Waals surface area contributed by atoms with Gasteiger partial charge in [-0.3, -0.25) is 9.48 Å². The van der Waals surface area contributed by atoms with Crippen molar-refractivity contribution in [3.63, 3.8) is 0 Å². The minimum Gasteiger partial charge on any atom is -0.294 e. The van der Waals surface area contributed by atoms with Crippen molar-refractivity contribution in [2.45, 2.75) is 59.9 Å². The lowest BCUT2D eigenvalue weighted by molar-refractivity contribution is 0.0986. The minimum atomic E-state index is 0.232. The Hall–Kier alpha value is -1.12. The highest BCUT2D eigenvalue weighted by atomic mass is 16.1. The molecule has 0 saturated heterocycles. The molecular weight excluding hydrogens is 200 g/mol. The molecule has 0 aromatic carbocycles. The molecule has 1 aromatic heterocycles. The van der Waals surface area contributed by atoms with Crippen LogP contribution >= 0.6 is 0 Å². The van der Waals surface area contributed by atoms with Crippen LogP contribution in [0.25, 0.3) is 0 Å². The molecule has 0 atom stereocenters. The van der Waals surface area contributed by atoms with Crippen LogP contribution in [0.15, 0.2) is 0 Å². The highest BCUT2D eigenvalue weighted by molar-refractivity contribution is 5.98. The zero-order valence-electron chi connectivity index (χ0n) is 10.8. The number of carbonyl (C=O) groups excluding carboxylic acids is 1. The largest absolute Gasteiger partial charge is 0.294 e. The normalized spacial score (nSPS) is 10.8. The van der Waals surface area contributed by atoms with E-state index in [1.165, 1.54) is 0 Å². The first-order chi connectivity index (χ1) is 7.69. The molecule has 0 spiro atoms. The zero-order chi connectivity index (χ0) is 12.1. The van der Waals surface area contributed by atoms with Crippen molar-refractivity contribution in [2.24, 2.45) is 0 Å². The van der Waals surface area contributed by atoms with E-state index >= 15 is 0 Å². The predicted octanol–water partition coefficient (Wildman–Crippen LogP) is 3.01. The lowest BCUT2D eigenvalue weighted by atomic mass is 10.0. The maximum absolute atomic E-state index is 11.9. The van der Waals surface area contributed by atoms with Gasteiger partial charge in [0.05, 0.1) is 11.3 Å². The molecule has 0 amide bonds. The van der Waals surface area contributed by atoms with Crippen LogP contribution in [0.5, 0.6) is 0 Å². The molecule has 0 aliphatic rings. The van der Waals surface area contributed by atoms with E-state index in [-0.39, 0.29) is 5.78 Å². The quantitative estimate of drug-likeness (QED) is 0.693. The summed E-state index contributed by atoms with van der Waals surface area (Å²) in [7, 11) is 0. The van der Waals surface area contributed by atoms with E-state index in [0.29, 0.717) is 6.42 Å². The lowest BCUT2D eigenvalue weighted by Gasteiger charge is -2.05. The molecule has 1 aromatic rings. The van der Waals surface area contributed by atoms with Crippen LogP contribution in [0.1, 0.15) is 62.3 Å². The second kappa shape index (κ2) is 5.83. The Bertz CT molecular complexity index is 366. The van der Waals surface area contributed by atoms with Gasteiger partial charge in [-0.2, -0.15) is 5.10 Å². The summed E-state index contributed by atoms with van der Waals surface area (Å²) >= 11 is 0. The fourth-order valence-electron chi connectivity index (χ4n) is 2.05. The van der Waals surface area contributed by atoms with Crippen molar-refractivity contribution >= 4 is 5.78 Å². The summed E-state index contributed by atoms with van der Waals surface area (Å²) in [4.78, 5) is 11.9. The van der Waals surface area contributed by atoms with E-state index in [2.05, 4.69) is 25.9 Å². The highest BCUT2D eigenvalue weighted by Crippen LogP contribution is 2.18. The average Bonchev–Trinajstić information content (AvgIpc) is 2.66. The molecule has 0 aliphatic heterocycles. The summed E-state index contributed by atoms with van der Waals surface area (Å²) in [6, 6.07) is 0. The Morgan fingerprint density at radius 3 is 2.31 bits per heavy atom. The van der Waals surface area contributed by atoms with Gasteiger partial charge < -0.3 is 0 Å². The molecule has 0 bridgehead atoms. The van der Waals surface area contributed by atoms with Crippen LogP contribution < -0.4 is 0 Å². The van der Waals surface area contributed by atoms with Gasteiger partial charge >= 0.3 is 0 Å². The Kier molecular flexibility index (Phi) is 4.71. The van der Waals surface area contributed by atoms with E-state index < -0.39 is 0 Å². The van der Waals surface area contributed by atoms with E-state index in [1.54, 1.807) is 0 Å². The molecule has 0 saturated carbocycles. The number of hydrogen-bond acceptors (Lipinski definition) is 2. The first-order valence-electron chi connectivity index (χ1n) is 6.31. The SMILES string of the molecule is CCCn1nc(CC)c(C(=O)CC)c1CC. The van der Waals surface area contributed by atoms with Gasteiger partial charge in [0, 0.05) is 18.7 Å². The fraction of sp³-hybridized carbons (Fsp3) is 0.692. The smallest absolute Gasteiger partial charge is 0.166 e. The summed E-state index contributed by atoms with van der Waals surface area (Å²) in [6.07, 6.45) is 3.34. The molecule has 1 heterocycles. The molecule has 0 N–H and O–H groups in total. The number of Topliss-reactive ketones (excluding diaryl/α,β-unsaturated/α-hetero) is 1. The number of ketones is 1. The van der Waals surface area contributed by atoms with Gasteiger partial charge in [0.25, 0.3) is 0 Å². The van der Waals surface area contributed by atoms with Gasteiger partial charge in [0.2, 0.25) is 0 Å². The van der Waals surface area contributed by atoms with Gasteiger partial charge in [-0.1, -0.05) is 27.7 Å². The lowest BCUT2D eigenvalue weighted by Crippen LogP contribution is -2.07. The van der Waals surface area contributed by atoms with Crippen LogP contribution in [-0.2, 0) is 19.4 Å². The first-order valence-corrected chi connectivity index (χ1v) is 6.31. The molecule has 90 valence electrons. The van der Waals surface area contributed by atoms with E-state index in [1.807, 2.05) is 11.6 Å². The third-order valence-electron chi connectivity index (χ3n) is 2.84. The van der Waals surface area contributed by atoms with Crippen LogP contribution in [0.2, 0.25) is 0 Å². The number of hydrogen-bond donors (Lipinski definition) is 0. The van der Waals surface area contributed by atoms with Crippen molar-refractivity contribution in [3.8, 4) is 0 Å². The molecule has 1 rings (SSSR count). The molecule has 16 heavy (non-hydrogen) atoms. The van der Waals surface area contributed by atoms with Crippen molar-refractivity contribution in [1.29, 1.82) is 0 Å². The monoisotopic (exact) mass is 222 g/mol. The summed E-state index contributed by atoms with van der Waals surface area (Å²) in [5.74, 6) is 0.232. The number of aryl methyl sites for hydroxylation is 2. The number of aromatic nitrogens is 2. The van der Waals surface area contributed by atoms with Gasteiger partial charge in [-0.15, -0.1) is 0 Å². The number of nitrogens with zero attached hydrogens (tertiary/aromatic N) is 2. The van der Waals surface area contributed by atoms with Gasteiger partial charge in [-0.05, 0) is 19.3 Å². The number of carbonyl (C=O) groups is 1. The van der Waals surface area contributed by atoms with Crippen LogP contribution in [0, 0.1) is 0 Å². The van der Waals surface area contributed by atoms with Crippen LogP contribution in [-0.4, -0.2) is 15.6 Å². The van der Waals surface area contributed by atoms with E-state index in [9.17, 15) is 4.79 Å². The number of rotatable bonds is 6. The Morgan fingerprint density at radius 1 is 1.19 bits per heavy atom. The molecule has 0 unspecified atom stereocenters. The van der Waals surface area contributed by atoms with E-state index in [4.69, 9.17) is 0 Å². The summed E-state index contributed by atoms with van der Waals surface area (Å²) in [5.41, 5.74) is 2.98. The second-order valence-corrected chi connectivity index (χ2v) is 3.98. The third-order valence-corrected chi connectivity index (χ3v) is 2.84. The van der Waals surface area contributed by atoms with Gasteiger partial charge in [0.1, 0.15) is 0 Å². The molecule has 0 radical (unpaired) electrons. The van der Waals surface area contributed by atoms with Crippen molar-refractivity contribution < 1.29 is 4.79 Å². The first kappa shape index (κ1) is 12.9. The Labute approximate surface area is 97.8 Å². The average molecular weight is 222 g/mol. The Balaban J connectivity index is 3.25. The topological polar surface area (TPSA) is 34.9 Å². The fourth-order valence-corrected chi connectivity index (χ4v) is 2.05. The third kappa shape index (κ3) is 2.34. The van der Waals surface area contributed by atoms with Crippen molar-refractivity contribution in [2.75, 3.05) is 0 Å². The van der Waals surface area contributed by atoms with Crippen molar-refractivity contribution in [1.82, 2.24) is 9.78 Å². The summed E-state index contributed by atoms with van der Waals surface area (Å²) in [6.45, 7) is 9.11. The maximum Gasteiger partial charge on any atom is 0.166 e. The standard InChI is InChI=1S/C13H22N2O/c1-5-9-15-11(7-3)13(12(16)8-4)10(6-2)14-15/h5-9H2,1-4H3. The zero-order valence-corrected chi connectivity index (χ0v) is 10.8. The highest BCUT2D eigenvalue weighted by Gasteiger charge is 2.19. The van der Waals surface area contributed by atoms with Crippen molar-refractivity contribution in [3.05, 3.63) is 17.0 Å². The van der Waals surface area contributed by atoms with Crippen LogP contribution in [0.4, 0.5) is 0 Å². The Morgan fingerprint density at radius 2 is 1.88 bits per heavy atom. The van der Waals surface area contributed by atoms with E-state index in [0.717, 1.165) is 42.8 Å². The summed E-state index contributed by atoms with van der Waals surface area (Å²) in [5, 5.41) is 4.55. The molecule has 0 aliphatic carbocycles. The van der Waals surface area contributed by atoms with Gasteiger partial charge in [-0.25, -0.2) is 0 Å². The maximum atomic E-state index is 11.9. The molecular formula is C13H22N2O. The summed E-state index contributed by atoms with van der Waals surface area (Å²) < 4.78 is 2.02.